The molecule has 0 aromatic heterocycles. The van der Waals surface area contributed by atoms with Crippen LogP contribution in [0.1, 0.15) is 32.6 Å². The second-order valence-corrected chi connectivity index (χ2v) is 3.75. The Labute approximate surface area is 75.9 Å². The predicted molar refractivity (Wildman–Crippen MR) is 43.2 cm³/mol. The third-order valence-electron chi connectivity index (χ3n) is 2.98. The molecule has 1 aliphatic rings. The van der Waals surface area contributed by atoms with Gasteiger partial charge in [0, 0.05) is 0 Å². The van der Waals surface area contributed by atoms with E-state index in [2.05, 4.69) is 0 Å². The number of alkyl halides is 3. The normalized spacial score (nSPS) is 32.1. The van der Waals surface area contributed by atoms with Crippen molar-refractivity contribution >= 4 is 0 Å². The van der Waals surface area contributed by atoms with Gasteiger partial charge >= 0.3 is 6.18 Å². The fraction of sp³-hybridized carbons (Fsp3) is 1.00. The van der Waals surface area contributed by atoms with E-state index in [0.717, 1.165) is 19.3 Å². The zero-order chi connectivity index (χ0) is 10.1. The molecule has 0 radical (unpaired) electrons. The van der Waals surface area contributed by atoms with Gasteiger partial charge in [0.2, 0.25) is 0 Å². The highest BCUT2D eigenvalue weighted by molar-refractivity contribution is 4.85. The summed E-state index contributed by atoms with van der Waals surface area (Å²) in [4.78, 5) is 0. The Bertz CT molecular complexity index is 167. The number of aliphatic hydroxyl groups excluding tert-OH is 1. The first-order chi connectivity index (χ1) is 5.96. The molecule has 1 nitrogen and oxygen atoms in total. The van der Waals surface area contributed by atoms with Crippen molar-refractivity contribution < 1.29 is 18.3 Å². The standard InChI is InChI=1S/C9H15F3O/c1-2-6-4-3-5-7(6)8(13)9(10,11)12/h6-8,13H,2-5H2,1H3. The summed E-state index contributed by atoms with van der Waals surface area (Å²) in [5.74, 6) is -0.512. The van der Waals surface area contributed by atoms with Gasteiger partial charge in [-0.2, -0.15) is 13.2 Å². The molecule has 0 spiro atoms. The van der Waals surface area contributed by atoms with Crippen LogP contribution in [0.3, 0.4) is 0 Å². The van der Waals surface area contributed by atoms with Gasteiger partial charge in [0.25, 0.3) is 0 Å². The minimum atomic E-state index is -4.44. The van der Waals surface area contributed by atoms with E-state index in [9.17, 15) is 13.2 Å². The molecular formula is C9H15F3O. The van der Waals surface area contributed by atoms with Crippen molar-refractivity contribution in [2.45, 2.75) is 44.9 Å². The average molecular weight is 196 g/mol. The monoisotopic (exact) mass is 196 g/mol. The molecular weight excluding hydrogens is 181 g/mol. The summed E-state index contributed by atoms with van der Waals surface area (Å²) in [6, 6.07) is 0. The van der Waals surface area contributed by atoms with Crippen LogP contribution in [0.2, 0.25) is 0 Å². The zero-order valence-electron chi connectivity index (χ0n) is 7.64. The molecule has 1 saturated carbocycles. The molecule has 0 aromatic rings. The minimum absolute atomic E-state index is 0.0524. The molecule has 4 heteroatoms. The summed E-state index contributed by atoms with van der Waals surface area (Å²) in [6.07, 6.45) is -3.66. The van der Waals surface area contributed by atoms with Crippen molar-refractivity contribution in [1.29, 1.82) is 0 Å². The van der Waals surface area contributed by atoms with Crippen LogP contribution in [0.4, 0.5) is 13.2 Å². The topological polar surface area (TPSA) is 20.2 Å². The van der Waals surface area contributed by atoms with Gasteiger partial charge in [-0.25, -0.2) is 0 Å². The molecule has 3 unspecified atom stereocenters. The lowest BCUT2D eigenvalue weighted by molar-refractivity contribution is -0.222. The first-order valence-corrected chi connectivity index (χ1v) is 4.71. The van der Waals surface area contributed by atoms with Crippen molar-refractivity contribution in [3.8, 4) is 0 Å². The molecule has 0 saturated heterocycles. The van der Waals surface area contributed by atoms with Crippen molar-refractivity contribution in [3.05, 3.63) is 0 Å². The third-order valence-corrected chi connectivity index (χ3v) is 2.98. The first kappa shape index (κ1) is 10.8. The molecule has 1 rings (SSSR count). The summed E-state index contributed by atoms with van der Waals surface area (Å²) in [7, 11) is 0. The van der Waals surface area contributed by atoms with E-state index in [4.69, 9.17) is 5.11 Å². The molecule has 0 heterocycles. The zero-order valence-corrected chi connectivity index (χ0v) is 7.64. The Hall–Kier alpha value is -0.250. The number of rotatable bonds is 2. The highest BCUT2D eigenvalue weighted by Gasteiger charge is 2.46. The van der Waals surface area contributed by atoms with Gasteiger partial charge in [0.05, 0.1) is 0 Å². The molecule has 0 amide bonds. The molecule has 1 fully saturated rings. The number of aliphatic hydroxyl groups is 1. The van der Waals surface area contributed by atoms with Crippen LogP contribution in [0, 0.1) is 11.8 Å². The Balaban J connectivity index is 2.60. The smallest absolute Gasteiger partial charge is 0.383 e. The Kier molecular flexibility index (Phi) is 3.22. The second kappa shape index (κ2) is 3.86. The quantitative estimate of drug-likeness (QED) is 0.720. The van der Waals surface area contributed by atoms with E-state index in [1.165, 1.54) is 0 Å². The Morgan fingerprint density at radius 2 is 2.00 bits per heavy atom. The molecule has 0 aliphatic heterocycles. The van der Waals surface area contributed by atoms with Crippen molar-refractivity contribution in [3.63, 3.8) is 0 Å². The molecule has 0 aromatic carbocycles. The van der Waals surface area contributed by atoms with Crippen LogP contribution in [0.25, 0.3) is 0 Å². The molecule has 1 aliphatic carbocycles. The van der Waals surface area contributed by atoms with Crippen LogP contribution >= 0.6 is 0 Å². The van der Waals surface area contributed by atoms with Crippen LogP contribution in [0.5, 0.6) is 0 Å². The highest BCUT2D eigenvalue weighted by atomic mass is 19.4. The molecule has 3 atom stereocenters. The highest BCUT2D eigenvalue weighted by Crippen LogP contribution is 2.40. The molecule has 0 bridgehead atoms. The molecule has 78 valence electrons. The van der Waals surface area contributed by atoms with Gasteiger partial charge in [-0.15, -0.1) is 0 Å². The number of hydrogen-bond donors (Lipinski definition) is 1. The summed E-state index contributed by atoms with van der Waals surface area (Å²) in [5, 5.41) is 9.06. The van der Waals surface area contributed by atoms with Gasteiger partial charge in [-0.3, -0.25) is 0 Å². The summed E-state index contributed by atoms with van der Waals surface area (Å²) >= 11 is 0. The lowest BCUT2D eigenvalue weighted by Gasteiger charge is -2.25. The van der Waals surface area contributed by atoms with Crippen LogP contribution in [0.15, 0.2) is 0 Å². The maximum Gasteiger partial charge on any atom is 0.414 e. The van der Waals surface area contributed by atoms with Crippen LogP contribution in [-0.2, 0) is 0 Å². The predicted octanol–water partition coefficient (Wildman–Crippen LogP) is 2.74. The Morgan fingerprint density at radius 3 is 2.46 bits per heavy atom. The van der Waals surface area contributed by atoms with Crippen molar-refractivity contribution in [2.75, 3.05) is 0 Å². The fourth-order valence-electron chi connectivity index (χ4n) is 2.23. The van der Waals surface area contributed by atoms with Crippen molar-refractivity contribution in [1.82, 2.24) is 0 Å². The second-order valence-electron chi connectivity index (χ2n) is 3.75. The largest absolute Gasteiger partial charge is 0.414 e. The van der Waals surface area contributed by atoms with Crippen LogP contribution < -0.4 is 0 Å². The van der Waals surface area contributed by atoms with E-state index in [1.54, 1.807) is 0 Å². The van der Waals surface area contributed by atoms with Crippen LogP contribution in [-0.4, -0.2) is 17.4 Å². The fourth-order valence-corrected chi connectivity index (χ4v) is 2.23. The first-order valence-electron chi connectivity index (χ1n) is 4.71. The minimum Gasteiger partial charge on any atom is -0.383 e. The summed E-state index contributed by atoms with van der Waals surface area (Å²) < 4.78 is 36.5. The van der Waals surface area contributed by atoms with Gasteiger partial charge < -0.3 is 5.11 Å². The maximum atomic E-state index is 12.2. The van der Waals surface area contributed by atoms with E-state index >= 15 is 0 Å². The van der Waals surface area contributed by atoms with E-state index in [0.29, 0.717) is 6.42 Å². The third kappa shape index (κ3) is 2.36. The molecule has 13 heavy (non-hydrogen) atoms. The van der Waals surface area contributed by atoms with Gasteiger partial charge in [-0.05, 0) is 18.3 Å². The summed E-state index contributed by atoms with van der Waals surface area (Å²) in [6.45, 7) is 1.88. The molecule has 1 N–H and O–H groups in total. The number of hydrogen-bond acceptors (Lipinski definition) is 1. The van der Waals surface area contributed by atoms with Gasteiger partial charge in [0.15, 0.2) is 6.10 Å². The van der Waals surface area contributed by atoms with E-state index < -0.39 is 18.2 Å². The number of halogens is 3. The lowest BCUT2D eigenvalue weighted by Crippen LogP contribution is -2.37. The van der Waals surface area contributed by atoms with Gasteiger partial charge in [0.1, 0.15) is 0 Å². The van der Waals surface area contributed by atoms with Gasteiger partial charge in [-0.1, -0.05) is 26.2 Å². The summed E-state index contributed by atoms with van der Waals surface area (Å²) in [5.41, 5.74) is 0. The SMILES string of the molecule is CCC1CCCC1C(O)C(F)(F)F. The Morgan fingerprint density at radius 1 is 1.38 bits per heavy atom. The van der Waals surface area contributed by atoms with Crippen molar-refractivity contribution in [2.24, 2.45) is 11.8 Å². The average Bonchev–Trinajstić information content (AvgIpc) is 2.48. The van der Waals surface area contributed by atoms with E-state index in [1.807, 2.05) is 6.92 Å². The van der Waals surface area contributed by atoms with E-state index in [-0.39, 0.29) is 5.92 Å². The maximum absolute atomic E-state index is 12.2. The lowest BCUT2D eigenvalue weighted by atomic mass is 9.88.